The molecule has 1 aliphatic rings. The van der Waals surface area contributed by atoms with Crippen LogP contribution in [0.3, 0.4) is 0 Å². The third kappa shape index (κ3) is 1.33. The van der Waals surface area contributed by atoms with Crippen molar-refractivity contribution in [3.8, 4) is 0 Å². The number of carbonyl (C=O) groups is 1. The summed E-state index contributed by atoms with van der Waals surface area (Å²) in [5, 5.41) is 10.3. The molecule has 1 saturated carbocycles. The molecule has 0 aromatic rings. The van der Waals surface area contributed by atoms with Gasteiger partial charge in [-0.2, -0.15) is 4.99 Å². The number of rotatable bonds is 2. The molecule has 5 nitrogen and oxygen atoms in total. The lowest BCUT2D eigenvalue weighted by atomic mass is 10.5. The van der Waals surface area contributed by atoms with Crippen molar-refractivity contribution in [1.29, 1.82) is 0 Å². The minimum absolute atomic E-state index is 0.592. The van der Waals surface area contributed by atoms with Gasteiger partial charge in [-0.25, -0.2) is 9.59 Å². The molecule has 5 heteroatoms. The fourth-order valence-corrected chi connectivity index (χ4v) is 0.670. The van der Waals surface area contributed by atoms with Crippen LogP contribution in [0.25, 0.3) is 0 Å². The summed E-state index contributed by atoms with van der Waals surface area (Å²) in [7, 11) is 0. The fraction of sp³-hybridized carbons (Fsp3) is 0.600. The molecule has 1 rings (SSSR count). The van der Waals surface area contributed by atoms with E-state index < -0.39 is 11.8 Å². The Hall–Kier alpha value is -1.35. The number of nitrogens with zero attached hydrogens (tertiary/aromatic N) is 1. The van der Waals surface area contributed by atoms with Crippen LogP contribution in [-0.4, -0.2) is 22.9 Å². The Kier molecular flexibility index (Phi) is 1.43. The van der Waals surface area contributed by atoms with Gasteiger partial charge in [-0.1, -0.05) is 0 Å². The van der Waals surface area contributed by atoms with Gasteiger partial charge in [0, 0.05) is 0 Å². The molecule has 0 unspecified atom stereocenters. The van der Waals surface area contributed by atoms with Gasteiger partial charge in [0.05, 0.1) is 0 Å². The topological polar surface area (TPSA) is 78.8 Å². The van der Waals surface area contributed by atoms with Crippen molar-refractivity contribution < 1.29 is 14.7 Å². The molecule has 1 fully saturated rings. The predicted molar refractivity (Wildman–Crippen MR) is 31.2 cm³/mol. The van der Waals surface area contributed by atoms with Crippen LogP contribution in [0.2, 0.25) is 0 Å². The Balaban J connectivity index is 2.53. The largest absolute Gasteiger partial charge is 0.465 e. The molecule has 0 heterocycles. The lowest BCUT2D eigenvalue weighted by Crippen LogP contribution is -2.33. The Morgan fingerprint density at radius 2 is 2.30 bits per heavy atom. The van der Waals surface area contributed by atoms with E-state index in [1.165, 1.54) is 6.08 Å². The Morgan fingerprint density at radius 1 is 1.70 bits per heavy atom. The molecule has 54 valence electrons. The summed E-state index contributed by atoms with van der Waals surface area (Å²) < 4.78 is 0. The van der Waals surface area contributed by atoms with Gasteiger partial charge in [0.1, 0.15) is 5.66 Å². The van der Waals surface area contributed by atoms with Crippen molar-refractivity contribution in [3.05, 3.63) is 0 Å². The summed E-state index contributed by atoms with van der Waals surface area (Å²) in [4.78, 5) is 23.1. The summed E-state index contributed by atoms with van der Waals surface area (Å²) >= 11 is 0. The van der Waals surface area contributed by atoms with Crippen molar-refractivity contribution in [2.45, 2.75) is 18.5 Å². The second kappa shape index (κ2) is 2.11. The first kappa shape index (κ1) is 6.77. The normalized spacial score (nSPS) is 18.8. The highest BCUT2D eigenvalue weighted by Crippen LogP contribution is 2.35. The number of hydrogen-bond acceptors (Lipinski definition) is 3. The number of carbonyl (C=O) groups excluding carboxylic acids is 1. The van der Waals surface area contributed by atoms with Gasteiger partial charge < -0.3 is 5.11 Å². The third-order valence-corrected chi connectivity index (χ3v) is 1.32. The maximum Gasteiger partial charge on any atom is 0.406 e. The zero-order chi connectivity index (χ0) is 7.61. The predicted octanol–water partition coefficient (Wildman–Crippen LogP) is 0.0799. The van der Waals surface area contributed by atoms with Gasteiger partial charge in [0.25, 0.3) is 0 Å². The third-order valence-electron chi connectivity index (χ3n) is 1.32. The smallest absolute Gasteiger partial charge is 0.406 e. The molecular formula is C5H6N2O3. The number of isocyanates is 1. The molecule has 2 N–H and O–H groups in total. The van der Waals surface area contributed by atoms with E-state index in [1.54, 1.807) is 0 Å². The first-order chi connectivity index (χ1) is 4.68. The Labute approximate surface area is 56.8 Å². The molecule has 1 aliphatic carbocycles. The van der Waals surface area contributed by atoms with Crippen molar-refractivity contribution >= 4 is 12.2 Å². The summed E-state index contributed by atoms with van der Waals surface area (Å²) in [5.41, 5.74) is -0.826. The van der Waals surface area contributed by atoms with Crippen LogP contribution in [0.4, 0.5) is 4.79 Å². The molecule has 0 aromatic heterocycles. The van der Waals surface area contributed by atoms with E-state index in [2.05, 4.69) is 10.3 Å². The van der Waals surface area contributed by atoms with Crippen molar-refractivity contribution in [1.82, 2.24) is 5.32 Å². The first-order valence-electron chi connectivity index (χ1n) is 2.79. The van der Waals surface area contributed by atoms with Crippen molar-refractivity contribution in [2.24, 2.45) is 4.99 Å². The highest BCUT2D eigenvalue weighted by Gasteiger charge is 2.44. The van der Waals surface area contributed by atoms with Crippen LogP contribution >= 0.6 is 0 Å². The molecular weight excluding hydrogens is 136 g/mol. The number of hydrogen-bond donors (Lipinski definition) is 2. The molecule has 0 bridgehead atoms. The van der Waals surface area contributed by atoms with Crippen LogP contribution in [0.1, 0.15) is 12.8 Å². The lowest BCUT2D eigenvalue weighted by Gasteiger charge is -2.04. The van der Waals surface area contributed by atoms with E-state index in [9.17, 15) is 9.59 Å². The Bertz CT molecular complexity index is 203. The standard InChI is InChI=1S/C5H6N2O3/c8-3-6-5(1-2-5)7-4(9)10/h7H,1-2H2,(H,9,10). The van der Waals surface area contributed by atoms with Crippen molar-refractivity contribution in [3.63, 3.8) is 0 Å². The zero-order valence-corrected chi connectivity index (χ0v) is 5.13. The van der Waals surface area contributed by atoms with Gasteiger partial charge >= 0.3 is 6.09 Å². The molecule has 0 spiro atoms. The molecule has 0 radical (unpaired) electrons. The quantitative estimate of drug-likeness (QED) is 0.423. The highest BCUT2D eigenvalue weighted by atomic mass is 16.4. The second-order valence-electron chi connectivity index (χ2n) is 2.16. The first-order valence-corrected chi connectivity index (χ1v) is 2.79. The fourth-order valence-electron chi connectivity index (χ4n) is 0.670. The van der Waals surface area contributed by atoms with Gasteiger partial charge in [-0.3, -0.25) is 5.32 Å². The molecule has 1 amide bonds. The van der Waals surface area contributed by atoms with E-state index in [1.807, 2.05) is 0 Å². The average molecular weight is 142 g/mol. The van der Waals surface area contributed by atoms with Crippen LogP contribution in [0.5, 0.6) is 0 Å². The monoisotopic (exact) mass is 142 g/mol. The highest BCUT2D eigenvalue weighted by molar-refractivity contribution is 5.66. The SMILES string of the molecule is O=C=NC1(NC(=O)O)CC1. The van der Waals surface area contributed by atoms with Crippen LogP contribution in [0, 0.1) is 0 Å². The van der Waals surface area contributed by atoms with Gasteiger partial charge in [-0.15, -0.1) is 0 Å². The van der Waals surface area contributed by atoms with E-state index >= 15 is 0 Å². The molecule has 0 saturated heterocycles. The summed E-state index contributed by atoms with van der Waals surface area (Å²) in [6.07, 6.45) is 1.35. The minimum atomic E-state index is -1.16. The maximum absolute atomic E-state index is 10.0. The maximum atomic E-state index is 10.0. The summed E-state index contributed by atoms with van der Waals surface area (Å²) in [6.45, 7) is 0. The number of amides is 1. The van der Waals surface area contributed by atoms with Gasteiger partial charge in [0.2, 0.25) is 6.08 Å². The van der Waals surface area contributed by atoms with Crippen LogP contribution in [0.15, 0.2) is 4.99 Å². The van der Waals surface area contributed by atoms with E-state index in [0.717, 1.165) is 0 Å². The van der Waals surface area contributed by atoms with Crippen LogP contribution in [-0.2, 0) is 4.79 Å². The number of aliphatic imine (C=N–C) groups is 1. The second-order valence-corrected chi connectivity index (χ2v) is 2.16. The minimum Gasteiger partial charge on any atom is -0.465 e. The molecule has 10 heavy (non-hydrogen) atoms. The van der Waals surface area contributed by atoms with Crippen molar-refractivity contribution in [2.75, 3.05) is 0 Å². The summed E-state index contributed by atoms with van der Waals surface area (Å²) in [6, 6.07) is 0. The number of nitrogens with one attached hydrogen (secondary N) is 1. The average Bonchev–Trinajstić information content (AvgIpc) is 2.47. The van der Waals surface area contributed by atoms with Crippen LogP contribution < -0.4 is 5.32 Å². The zero-order valence-electron chi connectivity index (χ0n) is 5.13. The van der Waals surface area contributed by atoms with E-state index in [4.69, 9.17) is 5.11 Å². The molecule has 0 aromatic carbocycles. The van der Waals surface area contributed by atoms with E-state index in [0.29, 0.717) is 12.8 Å². The lowest BCUT2D eigenvalue weighted by molar-refractivity contribution is 0.189. The Morgan fingerprint density at radius 3 is 2.60 bits per heavy atom. The summed E-state index contributed by atoms with van der Waals surface area (Å²) in [5.74, 6) is 0. The molecule has 0 atom stereocenters. The number of carboxylic acid groups (broad SMARTS) is 1. The van der Waals surface area contributed by atoms with Gasteiger partial charge in [-0.05, 0) is 12.8 Å². The molecule has 0 aliphatic heterocycles. The van der Waals surface area contributed by atoms with E-state index in [-0.39, 0.29) is 0 Å². The van der Waals surface area contributed by atoms with Gasteiger partial charge in [0.15, 0.2) is 0 Å².